The van der Waals surface area contributed by atoms with Crippen LogP contribution in [-0.4, -0.2) is 14.5 Å². The van der Waals surface area contributed by atoms with Gasteiger partial charge in [0, 0.05) is 11.1 Å². The van der Waals surface area contributed by atoms with E-state index in [-0.39, 0.29) is 5.78 Å². The zero-order valence-electron chi connectivity index (χ0n) is 7.90. The van der Waals surface area contributed by atoms with Crippen molar-refractivity contribution in [3.05, 3.63) is 35.0 Å². The minimum absolute atomic E-state index is 0.0454. The zero-order valence-corrected chi connectivity index (χ0v) is 9.47. The minimum Gasteiger partial charge on any atom is -0.295 e. The van der Waals surface area contributed by atoms with E-state index < -0.39 is 0 Å². The van der Waals surface area contributed by atoms with E-state index in [0.29, 0.717) is 16.4 Å². The van der Waals surface area contributed by atoms with Gasteiger partial charge in [0.1, 0.15) is 5.69 Å². The molecule has 0 bridgehead atoms. The number of aromatic nitrogens is 2. The average molecular weight is 239 g/mol. The highest BCUT2D eigenvalue weighted by atomic mass is 35.5. The van der Waals surface area contributed by atoms with Gasteiger partial charge in [-0.1, -0.05) is 35.9 Å². The maximum absolute atomic E-state index is 11.1. The lowest BCUT2D eigenvalue weighted by Crippen LogP contribution is -1.90. The van der Waals surface area contributed by atoms with Crippen LogP contribution >= 0.6 is 23.3 Å². The molecule has 0 unspecified atom stereocenters. The lowest BCUT2D eigenvalue weighted by Gasteiger charge is -1.98. The van der Waals surface area contributed by atoms with Crippen LogP contribution in [0.15, 0.2) is 24.3 Å². The van der Waals surface area contributed by atoms with E-state index in [1.807, 2.05) is 12.1 Å². The second-order valence-corrected chi connectivity index (χ2v) is 3.92. The molecule has 0 saturated carbocycles. The Morgan fingerprint density at radius 2 is 1.93 bits per heavy atom. The predicted octanol–water partition coefficient (Wildman–Crippen LogP) is 3.06. The number of rotatable bonds is 2. The van der Waals surface area contributed by atoms with E-state index in [1.165, 1.54) is 6.92 Å². The Hall–Kier alpha value is -1.26. The topological polar surface area (TPSA) is 42.9 Å². The molecule has 76 valence electrons. The molecule has 2 aromatic rings. The molecule has 0 amide bonds. The normalized spacial score (nSPS) is 10.3. The lowest BCUT2D eigenvalue weighted by atomic mass is 10.1. The number of ketones is 1. The molecule has 1 aromatic heterocycles. The predicted molar refractivity (Wildman–Crippen MR) is 60.4 cm³/mol. The van der Waals surface area contributed by atoms with Gasteiger partial charge < -0.3 is 0 Å². The third-order valence-corrected chi connectivity index (χ3v) is 2.91. The average Bonchev–Trinajstić information content (AvgIpc) is 2.65. The van der Waals surface area contributed by atoms with Crippen molar-refractivity contribution < 1.29 is 4.79 Å². The molecule has 5 heteroatoms. The van der Waals surface area contributed by atoms with Crippen molar-refractivity contribution in [2.75, 3.05) is 0 Å². The Kier molecular flexibility index (Phi) is 2.79. The largest absolute Gasteiger partial charge is 0.295 e. The molecule has 0 aliphatic carbocycles. The number of hydrogen-bond acceptors (Lipinski definition) is 4. The number of halogens is 1. The third kappa shape index (κ3) is 2.06. The summed E-state index contributed by atoms with van der Waals surface area (Å²) < 4.78 is 7.95. The molecule has 1 aromatic carbocycles. The number of nitrogens with zero attached hydrogens (tertiary/aromatic N) is 2. The van der Waals surface area contributed by atoms with Crippen molar-refractivity contribution >= 4 is 29.1 Å². The van der Waals surface area contributed by atoms with Gasteiger partial charge >= 0.3 is 0 Å². The fourth-order valence-corrected chi connectivity index (χ4v) is 1.98. The molecule has 15 heavy (non-hydrogen) atoms. The van der Waals surface area contributed by atoms with Gasteiger partial charge in [0.25, 0.3) is 0 Å². The third-order valence-electron chi connectivity index (χ3n) is 2.01. The molecular formula is C10H7ClN2OS. The second-order valence-electron chi connectivity index (χ2n) is 3.04. The van der Waals surface area contributed by atoms with Crippen LogP contribution in [0, 0.1) is 0 Å². The molecule has 1 heterocycles. The Labute approximate surface area is 96.0 Å². The first-order valence-corrected chi connectivity index (χ1v) is 5.39. The van der Waals surface area contributed by atoms with Crippen molar-refractivity contribution in [3.63, 3.8) is 0 Å². The van der Waals surface area contributed by atoms with Crippen LogP contribution in [0.1, 0.15) is 17.3 Å². The summed E-state index contributed by atoms with van der Waals surface area (Å²) in [5.74, 6) is 0.0454. The van der Waals surface area contributed by atoms with Gasteiger partial charge in [-0.15, -0.1) is 0 Å². The summed E-state index contributed by atoms with van der Waals surface area (Å²) >= 11 is 6.92. The van der Waals surface area contributed by atoms with Crippen molar-refractivity contribution in [1.82, 2.24) is 8.75 Å². The lowest BCUT2D eigenvalue weighted by molar-refractivity contribution is 0.101. The quantitative estimate of drug-likeness (QED) is 0.756. The number of carbonyl (C=O) groups is 1. The highest BCUT2D eigenvalue weighted by molar-refractivity contribution is 6.99. The van der Waals surface area contributed by atoms with Crippen LogP contribution in [0.4, 0.5) is 0 Å². The van der Waals surface area contributed by atoms with Gasteiger partial charge in [-0.3, -0.25) is 4.79 Å². The fourth-order valence-electron chi connectivity index (χ4n) is 1.21. The molecule has 0 aliphatic heterocycles. The molecule has 0 spiro atoms. The Morgan fingerprint density at radius 1 is 1.27 bits per heavy atom. The Balaban J connectivity index is 2.40. The zero-order chi connectivity index (χ0) is 10.8. The fraction of sp³-hybridized carbons (Fsp3) is 0.100. The maximum atomic E-state index is 11.1. The number of Topliss-reactive ketones (excluding diaryl/α,β-unsaturated/α-hetero) is 1. The van der Waals surface area contributed by atoms with Crippen LogP contribution in [0.2, 0.25) is 5.15 Å². The SMILES string of the molecule is CC(=O)c1ccc(-c2nsnc2Cl)cc1. The van der Waals surface area contributed by atoms with E-state index in [9.17, 15) is 4.79 Å². The number of hydrogen-bond donors (Lipinski definition) is 0. The van der Waals surface area contributed by atoms with Crippen LogP contribution in [-0.2, 0) is 0 Å². The van der Waals surface area contributed by atoms with E-state index in [0.717, 1.165) is 17.3 Å². The van der Waals surface area contributed by atoms with Crippen molar-refractivity contribution in [2.45, 2.75) is 6.92 Å². The van der Waals surface area contributed by atoms with Gasteiger partial charge in [-0.05, 0) is 6.92 Å². The molecule has 0 fully saturated rings. The van der Waals surface area contributed by atoms with E-state index in [4.69, 9.17) is 11.6 Å². The summed E-state index contributed by atoms with van der Waals surface area (Å²) in [6.45, 7) is 1.53. The summed E-state index contributed by atoms with van der Waals surface area (Å²) in [4.78, 5) is 11.1. The molecular weight excluding hydrogens is 232 g/mol. The monoisotopic (exact) mass is 238 g/mol. The molecule has 0 N–H and O–H groups in total. The number of carbonyl (C=O) groups excluding carboxylic acids is 1. The van der Waals surface area contributed by atoms with Crippen molar-refractivity contribution in [2.24, 2.45) is 0 Å². The van der Waals surface area contributed by atoms with Gasteiger partial charge in [-0.25, -0.2) is 0 Å². The maximum Gasteiger partial charge on any atom is 0.170 e. The second kappa shape index (κ2) is 4.08. The molecule has 0 saturated heterocycles. The van der Waals surface area contributed by atoms with Gasteiger partial charge in [-0.2, -0.15) is 8.75 Å². The van der Waals surface area contributed by atoms with Gasteiger partial charge in [0.2, 0.25) is 0 Å². The molecule has 3 nitrogen and oxygen atoms in total. The standard InChI is InChI=1S/C10H7ClN2OS/c1-6(14)7-2-4-8(5-3-7)9-10(11)13-15-12-9/h2-5H,1H3. The first kappa shape index (κ1) is 10.3. The van der Waals surface area contributed by atoms with E-state index in [2.05, 4.69) is 8.75 Å². The minimum atomic E-state index is 0.0454. The van der Waals surface area contributed by atoms with E-state index >= 15 is 0 Å². The molecule has 2 rings (SSSR count). The first-order valence-electron chi connectivity index (χ1n) is 4.28. The van der Waals surface area contributed by atoms with Crippen molar-refractivity contribution in [3.8, 4) is 11.3 Å². The molecule has 0 radical (unpaired) electrons. The van der Waals surface area contributed by atoms with Crippen molar-refractivity contribution in [1.29, 1.82) is 0 Å². The highest BCUT2D eigenvalue weighted by Gasteiger charge is 2.08. The van der Waals surface area contributed by atoms with Crippen LogP contribution in [0.3, 0.4) is 0 Å². The molecule has 0 atom stereocenters. The Morgan fingerprint density at radius 3 is 2.40 bits per heavy atom. The summed E-state index contributed by atoms with van der Waals surface area (Å²) in [5, 5.41) is 0.399. The van der Waals surface area contributed by atoms with Gasteiger partial charge in [0.05, 0.1) is 11.7 Å². The molecule has 0 aliphatic rings. The van der Waals surface area contributed by atoms with Crippen LogP contribution < -0.4 is 0 Å². The number of benzene rings is 1. The highest BCUT2D eigenvalue weighted by Crippen LogP contribution is 2.25. The van der Waals surface area contributed by atoms with Gasteiger partial charge in [0.15, 0.2) is 10.9 Å². The first-order chi connectivity index (χ1) is 7.18. The summed E-state index contributed by atoms with van der Waals surface area (Å²) in [7, 11) is 0. The van der Waals surface area contributed by atoms with Crippen LogP contribution in [0.5, 0.6) is 0 Å². The Bertz CT molecular complexity index is 492. The summed E-state index contributed by atoms with van der Waals surface area (Å²) in [6.07, 6.45) is 0. The van der Waals surface area contributed by atoms with Crippen LogP contribution in [0.25, 0.3) is 11.3 Å². The smallest absolute Gasteiger partial charge is 0.170 e. The van der Waals surface area contributed by atoms with E-state index in [1.54, 1.807) is 12.1 Å². The summed E-state index contributed by atoms with van der Waals surface area (Å²) in [6, 6.07) is 7.15. The summed E-state index contributed by atoms with van der Waals surface area (Å²) in [5.41, 5.74) is 2.22.